The lowest BCUT2D eigenvalue weighted by Crippen LogP contribution is -3.00. The van der Waals surface area contributed by atoms with E-state index in [2.05, 4.69) is 11.5 Å². The highest BCUT2D eigenvalue weighted by Crippen LogP contribution is 2.11. The number of nitrogens with zero attached hydrogens (tertiary/aromatic N) is 1. The molecule has 2 N–H and O–H groups in total. The van der Waals surface area contributed by atoms with Gasteiger partial charge in [0.25, 0.3) is 0 Å². The fourth-order valence-corrected chi connectivity index (χ4v) is 2.41. The minimum Gasteiger partial charge on any atom is -1.00 e. The maximum atomic E-state index is 9.95. The van der Waals surface area contributed by atoms with Crippen LogP contribution in [-0.2, 0) is 6.54 Å². The third kappa shape index (κ3) is 10.9. The van der Waals surface area contributed by atoms with E-state index >= 15 is 0 Å². The molecule has 2 atom stereocenters. The van der Waals surface area contributed by atoms with Gasteiger partial charge < -0.3 is 27.2 Å². The van der Waals surface area contributed by atoms with Crippen molar-refractivity contribution >= 4 is 0 Å². The van der Waals surface area contributed by atoms with Gasteiger partial charge in [0.2, 0.25) is 0 Å². The number of hydrogen-bond acceptors (Lipinski definition) is 2. The fraction of sp³-hybridized carbons (Fsp3) is 0.706. The van der Waals surface area contributed by atoms with Crippen LogP contribution in [0.5, 0.6) is 0 Å². The number of aromatic nitrogens is 1. The van der Waals surface area contributed by atoms with Gasteiger partial charge >= 0.3 is 0 Å². The highest BCUT2D eigenvalue weighted by molar-refractivity contribution is 4.83. The zero-order chi connectivity index (χ0) is 14.6. The van der Waals surface area contributed by atoms with Gasteiger partial charge in [-0.2, -0.15) is 0 Å². The standard InChI is InChI=1S/C17H30NO2.BrH/c1-2-3-4-5-7-10-16(19)15-17(20)11-14-18-12-8-6-9-13-18;/h6,8-9,12-13,16-17,19-20H,2-5,7,10-11,14-15H2,1H3;1H/q+1;/p-1. The molecule has 1 heterocycles. The summed E-state index contributed by atoms with van der Waals surface area (Å²) in [5, 5.41) is 19.9. The molecule has 0 aliphatic heterocycles. The average molecular weight is 360 g/mol. The van der Waals surface area contributed by atoms with Crippen molar-refractivity contribution in [2.24, 2.45) is 0 Å². The number of aliphatic hydroxyl groups excluding tert-OH is 2. The van der Waals surface area contributed by atoms with E-state index in [9.17, 15) is 10.2 Å². The summed E-state index contributed by atoms with van der Waals surface area (Å²) in [6.07, 6.45) is 11.3. The van der Waals surface area contributed by atoms with Crippen molar-refractivity contribution in [1.29, 1.82) is 0 Å². The van der Waals surface area contributed by atoms with Gasteiger partial charge in [-0.05, 0) is 12.8 Å². The maximum Gasteiger partial charge on any atom is 0.168 e. The monoisotopic (exact) mass is 359 g/mol. The van der Waals surface area contributed by atoms with E-state index in [0.717, 1.165) is 19.4 Å². The Hall–Kier alpha value is -0.450. The number of rotatable bonds is 11. The Labute approximate surface area is 139 Å². The van der Waals surface area contributed by atoms with Crippen molar-refractivity contribution < 1.29 is 31.8 Å². The molecule has 0 aliphatic rings. The van der Waals surface area contributed by atoms with Gasteiger partial charge in [0.1, 0.15) is 0 Å². The number of halogens is 1. The SMILES string of the molecule is CCCCCCCC(O)CC(O)CC[n+]1ccccc1.[Br-]. The molecular formula is C17H30BrNO2. The molecule has 2 unspecified atom stereocenters. The predicted molar refractivity (Wildman–Crippen MR) is 81.3 cm³/mol. The van der Waals surface area contributed by atoms with Crippen molar-refractivity contribution in [1.82, 2.24) is 0 Å². The van der Waals surface area contributed by atoms with Crippen LogP contribution in [0.3, 0.4) is 0 Å². The lowest BCUT2D eigenvalue weighted by molar-refractivity contribution is -0.698. The Morgan fingerprint density at radius 1 is 0.857 bits per heavy atom. The number of pyridine rings is 1. The number of unbranched alkanes of at least 4 members (excludes halogenated alkanes) is 4. The van der Waals surface area contributed by atoms with Crippen molar-refractivity contribution in [3.63, 3.8) is 0 Å². The molecule has 0 aliphatic carbocycles. The summed E-state index contributed by atoms with van der Waals surface area (Å²) in [5.41, 5.74) is 0. The summed E-state index contributed by atoms with van der Waals surface area (Å²) in [4.78, 5) is 0. The first-order valence-corrected chi connectivity index (χ1v) is 8.02. The van der Waals surface area contributed by atoms with Crippen molar-refractivity contribution in [2.75, 3.05) is 0 Å². The highest BCUT2D eigenvalue weighted by Gasteiger charge is 2.13. The van der Waals surface area contributed by atoms with Crippen LogP contribution in [0.4, 0.5) is 0 Å². The first-order valence-electron chi connectivity index (χ1n) is 8.02. The lowest BCUT2D eigenvalue weighted by Gasteiger charge is -2.14. The van der Waals surface area contributed by atoms with E-state index in [1.165, 1.54) is 25.7 Å². The minimum atomic E-state index is -0.409. The molecule has 0 bridgehead atoms. The van der Waals surface area contributed by atoms with E-state index in [1.807, 2.05) is 30.6 Å². The second-order valence-electron chi connectivity index (χ2n) is 5.65. The molecule has 0 radical (unpaired) electrons. The Morgan fingerprint density at radius 2 is 1.48 bits per heavy atom. The van der Waals surface area contributed by atoms with Crippen LogP contribution in [0.1, 0.15) is 58.3 Å². The third-order valence-electron chi connectivity index (χ3n) is 3.68. The summed E-state index contributed by atoms with van der Waals surface area (Å²) in [6.45, 7) is 3.00. The normalized spacial score (nSPS) is 13.5. The summed E-state index contributed by atoms with van der Waals surface area (Å²) in [6, 6.07) is 5.95. The van der Waals surface area contributed by atoms with E-state index in [4.69, 9.17) is 0 Å². The predicted octanol–water partition coefficient (Wildman–Crippen LogP) is -0.159. The minimum absolute atomic E-state index is 0. The molecule has 0 saturated carbocycles. The van der Waals surface area contributed by atoms with Crippen LogP contribution in [0.2, 0.25) is 0 Å². The van der Waals surface area contributed by atoms with Gasteiger partial charge in [-0.3, -0.25) is 0 Å². The number of aliphatic hydroxyl groups is 2. The van der Waals surface area contributed by atoms with Gasteiger partial charge in [0.15, 0.2) is 18.9 Å². The smallest absolute Gasteiger partial charge is 0.168 e. The second-order valence-corrected chi connectivity index (χ2v) is 5.65. The van der Waals surface area contributed by atoms with E-state index in [1.54, 1.807) is 0 Å². The number of aryl methyl sites for hydroxylation is 1. The molecule has 1 rings (SSSR count). The maximum absolute atomic E-state index is 9.95. The molecule has 0 spiro atoms. The highest BCUT2D eigenvalue weighted by atomic mass is 79.9. The fourth-order valence-electron chi connectivity index (χ4n) is 2.41. The van der Waals surface area contributed by atoms with Crippen LogP contribution < -0.4 is 21.5 Å². The van der Waals surface area contributed by atoms with Crippen LogP contribution in [0, 0.1) is 0 Å². The summed E-state index contributed by atoms with van der Waals surface area (Å²) < 4.78 is 2.06. The Morgan fingerprint density at radius 3 is 2.14 bits per heavy atom. The van der Waals surface area contributed by atoms with Crippen molar-refractivity contribution in [3.05, 3.63) is 30.6 Å². The number of hydrogen-bond donors (Lipinski definition) is 2. The van der Waals surface area contributed by atoms with Crippen LogP contribution in [0.25, 0.3) is 0 Å². The van der Waals surface area contributed by atoms with E-state index in [0.29, 0.717) is 12.8 Å². The molecule has 21 heavy (non-hydrogen) atoms. The summed E-state index contributed by atoms with van der Waals surface area (Å²) in [5.74, 6) is 0. The Kier molecular flexibility index (Phi) is 12.9. The third-order valence-corrected chi connectivity index (χ3v) is 3.68. The molecule has 1 aromatic heterocycles. The quantitative estimate of drug-likeness (QED) is 0.426. The van der Waals surface area contributed by atoms with Crippen molar-refractivity contribution in [2.45, 2.75) is 77.0 Å². The molecule has 3 nitrogen and oxygen atoms in total. The molecule has 0 amide bonds. The topological polar surface area (TPSA) is 44.3 Å². The van der Waals surface area contributed by atoms with Crippen LogP contribution >= 0.6 is 0 Å². The van der Waals surface area contributed by atoms with E-state index in [-0.39, 0.29) is 23.1 Å². The van der Waals surface area contributed by atoms with Crippen LogP contribution in [-0.4, -0.2) is 22.4 Å². The molecule has 122 valence electrons. The molecule has 4 heteroatoms. The first-order chi connectivity index (χ1) is 9.72. The average Bonchev–Trinajstić information content (AvgIpc) is 2.46. The van der Waals surface area contributed by atoms with Gasteiger partial charge in [-0.15, -0.1) is 0 Å². The summed E-state index contributed by atoms with van der Waals surface area (Å²) >= 11 is 0. The first kappa shape index (κ1) is 20.6. The van der Waals surface area contributed by atoms with Gasteiger partial charge in [0.05, 0.1) is 12.2 Å². The van der Waals surface area contributed by atoms with Gasteiger partial charge in [0, 0.05) is 18.6 Å². The summed E-state index contributed by atoms with van der Waals surface area (Å²) in [7, 11) is 0. The van der Waals surface area contributed by atoms with Gasteiger partial charge in [-0.25, -0.2) is 4.57 Å². The largest absolute Gasteiger partial charge is 1.00 e. The molecular weight excluding hydrogens is 330 g/mol. The second kappa shape index (κ2) is 13.2. The molecule has 1 aromatic rings. The van der Waals surface area contributed by atoms with E-state index < -0.39 is 6.10 Å². The molecule has 0 fully saturated rings. The van der Waals surface area contributed by atoms with Crippen LogP contribution in [0.15, 0.2) is 30.6 Å². The molecule has 0 aromatic carbocycles. The Balaban J connectivity index is 0.00000400. The zero-order valence-electron chi connectivity index (χ0n) is 13.1. The molecule has 0 saturated heterocycles. The van der Waals surface area contributed by atoms with Gasteiger partial charge in [-0.1, -0.05) is 45.1 Å². The lowest BCUT2D eigenvalue weighted by atomic mass is 10.0. The zero-order valence-corrected chi connectivity index (χ0v) is 14.7. The Bertz CT molecular complexity index is 335. The van der Waals surface area contributed by atoms with Crippen molar-refractivity contribution in [3.8, 4) is 0 Å².